The van der Waals surface area contributed by atoms with Gasteiger partial charge in [0, 0.05) is 32.1 Å². The van der Waals surface area contributed by atoms with E-state index in [1.807, 2.05) is 13.0 Å². The molecule has 1 aromatic carbocycles. The molecule has 0 N–H and O–H groups in total. The molecule has 0 amide bonds. The number of carbonyl (C=O) groups excluding carboxylic acids is 1. The first-order chi connectivity index (χ1) is 13.5. The molecule has 0 saturated heterocycles. The number of methoxy groups -OCH3 is 2. The second-order valence-electron chi connectivity index (χ2n) is 6.14. The first-order valence-corrected chi connectivity index (χ1v) is 9.69. The fourth-order valence-electron chi connectivity index (χ4n) is 2.74. The van der Waals surface area contributed by atoms with Gasteiger partial charge in [0.25, 0.3) is 5.56 Å². The standard InChI is InChI=1S/C19H21N3O5S/c1-12-9-14(21-27-12)11-28-19-20-16-10-13(18(24)26-3)5-6-15(16)17(23)22(19)7-4-8-25-2/h5-6,9-10H,4,7-8,11H2,1-3H3. The smallest absolute Gasteiger partial charge is 0.337 e. The molecule has 28 heavy (non-hydrogen) atoms. The molecule has 2 aromatic heterocycles. The number of hydrogen-bond acceptors (Lipinski definition) is 8. The van der Waals surface area contributed by atoms with Crippen LogP contribution in [0, 0.1) is 6.92 Å². The fraction of sp³-hybridized carbons (Fsp3) is 0.368. The summed E-state index contributed by atoms with van der Waals surface area (Å²) in [5, 5.41) is 4.98. The largest absolute Gasteiger partial charge is 0.465 e. The van der Waals surface area contributed by atoms with Crippen LogP contribution in [0.5, 0.6) is 0 Å². The summed E-state index contributed by atoms with van der Waals surface area (Å²) in [6.45, 7) is 2.84. The SMILES string of the molecule is COCCCn1c(SCc2cc(C)on2)nc2cc(C(=O)OC)ccc2c1=O. The second kappa shape index (κ2) is 9.03. The lowest BCUT2D eigenvalue weighted by Gasteiger charge is -2.13. The molecule has 0 atom stereocenters. The third kappa shape index (κ3) is 4.42. The Morgan fingerprint density at radius 2 is 2.11 bits per heavy atom. The normalized spacial score (nSPS) is 11.1. The molecule has 0 spiro atoms. The van der Waals surface area contributed by atoms with Crippen molar-refractivity contribution in [3.8, 4) is 0 Å². The topological polar surface area (TPSA) is 96.5 Å². The van der Waals surface area contributed by atoms with Crippen LogP contribution < -0.4 is 5.56 Å². The minimum Gasteiger partial charge on any atom is -0.465 e. The summed E-state index contributed by atoms with van der Waals surface area (Å²) in [4.78, 5) is 29.5. The zero-order valence-corrected chi connectivity index (χ0v) is 16.7. The van der Waals surface area contributed by atoms with Crippen molar-refractivity contribution in [3.05, 3.63) is 51.6 Å². The average Bonchev–Trinajstić information content (AvgIpc) is 3.12. The van der Waals surface area contributed by atoms with Crippen LogP contribution in [0.2, 0.25) is 0 Å². The van der Waals surface area contributed by atoms with Crippen LogP contribution in [0.3, 0.4) is 0 Å². The summed E-state index contributed by atoms with van der Waals surface area (Å²) in [6.07, 6.45) is 0.681. The third-order valence-electron chi connectivity index (χ3n) is 4.10. The lowest BCUT2D eigenvalue weighted by atomic mass is 10.1. The van der Waals surface area contributed by atoms with Crippen LogP contribution in [0.25, 0.3) is 10.9 Å². The highest BCUT2D eigenvalue weighted by atomic mass is 32.2. The number of carbonyl (C=O) groups is 1. The monoisotopic (exact) mass is 403 g/mol. The second-order valence-corrected chi connectivity index (χ2v) is 7.08. The zero-order chi connectivity index (χ0) is 20.1. The lowest BCUT2D eigenvalue weighted by molar-refractivity contribution is 0.0601. The molecule has 2 heterocycles. The van der Waals surface area contributed by atoms with Gasteiger partial charge in [0.15, 0.2) is 5.16 Å². The molecule has 0 unspecified atom stereocenters. The highest BCUT2D eigenvalue weighted by Gasteiger charge is 2.15. The van der Waals surface area contributed by atoms with Crippen molar-refractivity contribution < 1.29 is 18.8 Å². The van der Waals surface area contributed by atoms with Gasteiger partial charge in [0.2, 0.25) is 0 Å². The molecule has 0 aliphatic rings. The Morgan fingerprint density at radius 3 is 2.79 bits per heavy atom. The van der Waals surface area contributed by atoms with E-state index in [2.05, 4.69) is 10.1 Å². The van der Waals surface area contributed by atoms with E-state index >= 15 is 0 Å². The predicted molar refractivity (Wildman–Crippen MR) is 105 cm³/mol. The molecule has 0 saturated carbocycles. The van der Waals surface area contributed by atoms with Crippen LogP contribution in [0.15, 0.2) is 38.7 Å². The number of thioether (sulfide) groups is 1. The molecular formula is C19H21N3O5S. The van der Waals surface area contributed by atoms with E-state index < -0.39 is 5.97 Å². The summed E-state index contributed by atoms with van der Waals surface area (Å²) >= 11 is 1.39. The van der Waals surface area contributed by atoms with Crippen LogP contribution >= 0.6 is 11.8 Å². The molecule has 0 bridgehead atoms. The van der Waals surface area contributed by atoms with Gasteiger partial charge < -0.3 is 14.0 Å². The molecular weight excluding hydrogens is 382 g/mol. The van der Waals surface area contributed by atoms with E-state index in [1.54, 1.807) is 29.9 Å². The minimum atomic E-state index is -0.472. The van der Waals surface area contributed by atoms with E-state index in [-0.39, 0.29) is 5.56 Å². The first kappa shape index (κ1) is 20.1. The molecule has 9 heteroatoms. The maximum Gasteiger partial charge on any atom is 0.337 e. The van der Waals surface area contributed by atoms with Crippen LogP contribution in [0.1, 0.15) is 28.2 Å². The van der Waals surface area contributed by atoms with Gasteiger partial charge in [-0.2, -0.15) is 0 Å². The molecule has 0 radical (unpaired) electrons. The summed E-state index contributed by atoms with van der Waals surface area (Å²) in [7, 11) is 2.94. The fourth-order valence-corrected chi connectivity index (χ4v) is 3.65. The van der Waals surface area contributed by atoms with Crippen LogP contribution in [0.4, 0.5) is 0 Å². The highest BCUT2D eigenvalue weighted by Crippen LogP contribution is 2.23. The number of aromatic nitrogens is 3. The molecule has 148 valence electrons. The Hall–Kier alpha value is -2.65. The number of ether oxygens (including phenoxy) is 2. The first-order valence-electron chi connectivity index (χ1n) is 8.70. The van der Waals surface area contributed by atoms with Crippen molar-refractivity contribution in [2.24, 2.45) is 0 Å². The Kier molecular flexibility index (Phi) is 6.48. The van der Waals surface area contributed by atoms with Gasteiger partial charge in [-0.25, -0.2) is 9.78 Å². The molecule has 0 aliphatic carbocycles. The Bertz CT molecular complexity index is 1040. The Labute approximate surface area is 165 Å². The van der Waals surface area contributed by atoms with E-state index in [0.29, 0.717) is 46.9 Å². The minimum absolute atomic E-state index is 0.156. The van der Waals surface area contributed by atoms with Crippen molar-refractivity contribution in [1.29, 1.82) is 0 Å². The van der Waals surface area contributed by atoms with Crippen molar-refractivity contribution in [1.82, 2.24) is 14.7 Å². The maximum atomic E-state index is 13.0. The number of aryl methyl sites for hydroxylation is 1. The number of benzene rings is 1. The molecule has 8 nitrogen and oxygen atoms in total. The maximum absolute atomic E-state index is 13.0. The Morgan fingerprint density at radius 1 is 1.29 bits per heavy atom. The molecule has 3 rings (SSSR count). The summed E-state index contributed by atoms with van der Waals surface area (Å²) < 4.78 is 16.6. The van der Waals surface area contributed by atoms with Crippen LogP contribution in [-0.4, -0.2) is 41.5 Å². The molecule has 0 aliphatic heterocycles. The lowest BCUT2D eigenvalue weighted by Crippen LogP contribution is -2.24. The van der Waals surface area contributed by atoms with Crippen molar-refractivity contribution >= 4 is 28.6 Å². The van der Waals surface area contributed by atoms with E-state index in [4.69, 9.17) is 14.0 Å². The average molecular weight is 403 g/mol. The third-order valence-corrected chi connectivity index (χ3v) is 5.11. The van der Waals surface area contributed by atoms with Crippen molar-refractivity contribution in [2.45, 2.75) is 30.8 Å². The van der Waals surface area contributed by atoms with E-state index in [1.165, 1.54) is 18.9 Å². The van der Waals surface area contributed by atoms with Gasteiger partial charge in [-0.05, 0) is 31.5 Å². The van der Waals surface area contributed by atoms with Gasteiger partial charge in [-0.15, -0.1) is 0 Å². The molecule has 0 fully saturated rings. The van der Waals surface area contributed by atoms with Gasteiger partial charge in [-0.1, -0.05) is 16.9 Å². The van der Waals surface area contributed by atoms with Gasteiger partial charge >= 0.3 is 5.97 Å². The predicted octanol–water partition coefficient (Wildman–Crippen LogP) is 2.81. The summed E-state index contributed by atoms with van der Waals surface area (Å²) in [6, 6.07) is 6.60. The number of nitrogens with zero attached hydrogens (tertiary/aromatic N) is 3. The quantitative estimate of drug-likeness (QED) is 0.245. The number of rotatable bonds is 8. The molecule has 3 aromatic rings. The number of hydrogen-bond donors (Lipinski definition) is 0. The van der Waals surface area contributed by atoms with Crippen LogP contribution in [-0.2, 0) is 21.8 Å². The summed E-state index contributed by atoms with van der Waals surface area (Å²) in [5.41, 5.74) is 1.41. The zero-order valence-electron chi connectivity index (χ0n) is 15.9. The van der Waals surface area contributed by atoms with Gasteiger partial charge in [0.1, 0.15) is 5.76 Å². The van der Waals surface area contributed by atoms with Gasteiger partial charge in [-0.3, -0.25) is 9.36 Å². The van der Waals surface area contributed by atoms with Crippen molar-refractivity contribution in [3.63, 3.8) is 0 Å². The van der Waals surface area contributed by atoms with E-state index in [9.17, 15) is 9.59 Å². The van der Waals surface area contributed by atoms with E-state index in [0.717, 1.165) is 11.5 Å². The Balaban J connectivity index is 2.01. The number of fused-ring (bicyclic) bond motifs is 1. The van der Waals surface area contributed by atoms with Gasteiger partial charge in [0.05, 0.1) is 29.3 Å². The number of esters is 1. The summed E-state index contributed by atoms with van der Waals surface area (Å²) in [5.74, 6) is 0.763. The highest BCUT2D eigenvalue weighted by molar-refractivity contribution is 7.98. The van der Waals surface area contributed by atoms with Crippen molar-refractivity contribution in [2.75, 3.05) is 20.8 Å².